The standard InChI is InChI=1S/C14H19N5O/c1-4-10-5-7-11(8-6-10)19(2)14-12(20-3)13(18-15)16-9-17-14/h5-9H,4,15H2,1-3H3,(H,16,17,18). The van der Waals surface area contributed by atoms with Crippen LogP contribution in [0.25, 0.3) is 0 Å². The summed E-state index contributed by atoms with van der Waals surface area (Å²) in [4.78, 5) is 10.2. The number of hydrogen-bond donors (Lipinski definition) is 2. The fraction of sp³-hybridized carbons (Fsp3) is 0.286. The summed E-state index contributed by atoms with van der Waals surface area (Å²) in [5.41, 5.74) is 4.82. The summed E-state index contributed by atoms with van der Waals surface area (Å²) in [6.45, 7) is 2.13. The van der Waals surface area contributed by atoms with Gasteiger partial charge in [-0.05, 0) is 24.1 Å². The average molecular weight is 273 g/mol. The molecule has 1 aromatic heterocycles. The highest BCUT2D eigenvalue weighted by Crippen LogP contribution is 2.34. The Labute approximate surface area is 118 Å². The van der Waals surface area contributed by atoms with E-state index in [9.17, 15) is 0 Å². The third kappa shape index (κ3) is 2.65. The van der Waals surface area contributed by atoms with Crippen LogP contribution >= 0.6 is 0 Å². The first kappa shape index (κ1) is 14.1. The van der Waals surface area contributed by atoms with Gasteiger partial charge in [0.05, 0.1) is 7.11 Å². The number of nitrogens with two attached hydrogens (primary N) is 1. The number of aryl methyl sites for hydroxylation is 1. The Balaban J connectivity index is 2.39. The summed E-state index contributed by atoms with van der Waals surface area (Å²) >= 11 is 0. The Kier molecular flexibility index (Phi) is 4.37. The SMILES string of the molecule is CCc1ccc(N(C)c2ncnc(NN)c2OC)cc1. The van der Waals surface area contributed by atoms with E-state index in [-0.39, 0.29) is 0 Å². The molecular formula is C14H19N5O. The summed E-state index contributed by atoms with van der Waals surface area (Å²) in [6, 6.07) is 8.30. The summed E-state index contributed by atoms with van der Waals surface area (Å²) in [6.07, 6.45) is 2.46. The van der Waals surface area contributed by atoms with E-state index < -0.39 is 0 Å². The molecule has 0 spiro atoms. The van der Waals surface area contributed by atoms with Gasteiger partial charge in [-0.3, -0.25) is 0 Å². The molecule has 1 heterocycles. The fourth-order valence-electron chi connectivity index (χ4n) is 1.97. The minimum atomic E-state index is 0.453. The van der Waals surface area contributed by atoms with Gasteiger partial charge in [0.1, 0.15) is 6.33 Å². The van der Waals surface area contributed by atoms with Crippen LogP contribution in [0.4, 0.5) is 17.3 Å². The lowest BCUT2D eigenvalue weighted by atomic mass is 10.1. The Morgan fingerprint density at radius 2 is 1.95 bits per heavy atom. The molecule has 3 N–H and O–H groups in total. The van der Waals surface area contributed by atoms with E-state index in [0.717, 1.165) is 12.1 Å². The van der Waals surface area contributed by atoms with Crippen molar-refractivity contribution in [2.24, 2.45) is 5.84 Å². The molecule has 0 aliphatic heterocycles. The minimum absolute atomic E-state index is 0.453. The van der Waals surface area contributed by atoms with Crippen molar-refractivity contribution in [3.05, 3.63) is 36.2 Å². The third-order valence-corrected chi connectivity index (χ3v) is 3.18. The zero-order chi connectivity index (χ0) is 14.5. The largest absolute Gasteiger partial charge is 0.490 e. The lowest BCUT2D eigenvalue weighted by Crippen LogP contribution is -2.16. The molecule has 0 amide bonds. The quantitative estimate of drug-likeness (QED) is 0.642. The van der Waals surface area contributed by atoms with Crippen molar-refractivity contribution >= 4 is 17.3 Å². The van der Waals surface area contributed by atoms with Gasteiger partial charge < -0.3 is 15.1 Å². The molecule has 1 aromatic carbocycles. The summed E-state index contributed by atoms with van der Waals surface area (Å²) in [5.74, 6) is 7.05. The van der Waals surface area contributed by atoms with Crippen LogP contribution in [0, 0.1) is 0 Å². The Hall–Kier alpha value is -2.34. The number of aromatic nitrogens is 2. The topological polar surface area (TPSA) is 76.3 Å². The van der Waals surface area contributed by atoms with Gasteiger partial charge in [-0.25, -0.2) is 15.8 Å². The summed E-state index contributed by atoms with van der Waals surface area (Å²) in [7, 11) is 3.49. The van der Waals surface area contributed by atoms with Crippen LogP contribution in [0.3, 0.4) is 0 Å². The Bertz CT molecular complexity index is 570. The van der Waals surface area contributed by atoms with Crippen LogP contribution in [0.1, 0.15) is 12.5 Å². The molecule has 0 saturated carbocycles. The van der Waals surface area contributed by atoms with Gasteiger partial charge >= 0.3 is 0 Å². The number of benzene rings is 1. The van der Waals surface area contributed by atoms with Crippen molar-refractivity contribution in [3.8, 4) is 5.75 Å². The molecule has 0 unspecified atom stereocenters. The first-order valence-corrected chi connectivity index (χ1v) is 6.39. The fourth-order valence-corrected chi connectivity index (χ4v) is 1.97. The minimum Gasteiger partial charge on any atom is -0.490 e. The second kappa shape index (κ2) is 6.21. The summed E-state index contributed by atoms with van der Waals surface area (Å²) < 4.78 is 5.35. The van der Waals surface area contributed by atoms with Crippen molar-refractivity contribution in [2.45, 2.75) is 13.3 Å². The molecule has 2 rings (SSSR count). The number of rotatable bonds is 5. The van der Waals surface area contributed by atoms with Gasteiger partial charge in [0.2, 0.25) is 5.75 Å². The first-order valence-electron chi connectivity index (χ1n) is 6.39. The number of hydrazine groups is 1. The van der Waals surface area contributed by atoms with Crippen molar-refractivity contribution in [1.29, 1.82) is 0 Å². The number of anilines is 3. The van der Waals surface area contributed by atoms with Crippen LogP contribution < -0.4 is 20.9 Å². The van der Waals surface area contributed by atoms with Gasteiger partial charge in [0.25, 0.3) is 0 Å². The molecule has 20 heavy (non-hydrogen) atoms. The van der Waals surface area contributed by atoms with Crippen LogP contribution in [-0.2, 0) is 6.42 Å². The number of ether oxygens (including phenoxy) is 1. The maximum atomic E-state index is 5.43. The van der Waals surface area contributed by atoms with E-state index >= 15 is 0 Å². The van der Waals surface area contributed by atoms with E-state index in [1.54, 1.807) is 7.11 Å². The molecule has 0 radical (unpaired) electrons. The maximum Gasteiger partial charge on any atom is 0.206 e. The van der Waals surface area contributed by atoms with Crippen molar-refractivity contribution in [1.82, 2.24) is 9.97 Å². The number of nitrogens with zero attached hydrogens (tertiary/aromatic N) is 3. The van der Waals surface area contributed by atoms with Gasteiger partial charge in [-0.1, -0.05) is 19.1 Å². The van der Waals surface area contributed by atoms with Crippen molar-refractivity contribution < 1.29 is 4.74 Å². The second-order valence-electron chi connectivity index (χ2n) is 4.30. The van der Waals surface area contributed by atoms with E-state index in [4.69, 9.17) is 10.6 Å². The third-order valence-electron chi connectivity index (χ3n) is 3.18. The lowest BCUT2D eigenvalue weighted by Gasteiger charge is -2.21. The maximum absolute atomic E-state index is 5.43. The molecule has 0 bridgehead atoms. The smallest absolute Gasteiger partial charge is 0.206 e. The number of nitrogens with one attached hydrogen (secondary N) is 1. The molecular weight excluding hydrogens is 254 g/mol. The molecule has 106 valence electrons. The van der Waals surface area contributed by atoms with Crippen molar-refractivity contribution in [3.63, 3.8) is 0 Å². The zero-order valence-corrected chi connectivity index (χ0v) is 11.9. The average Bonchev–Trinajstić information content (AvgIpc) is 2.53. The Morgan fingerprint density at radius 1 is 1.25 bits per heavy atom. The van der Waals surface area contributed by atoms with E-state index in [1.807, 2.05) is 11.9 Å². The lowest BCUT2D eigenvalue weighted by molar-refractivity contribution is 0.414. The predicted molar refractivity (Wildman–Crippen MR) is 80.3 cm³/mol. The molecule has 0 atom stereocenters. The van der Waals surface area contributed by atoms with E-state index in [0.29, 0.717) is 17.4 Å². The second-order valence-corrected chi connectivity index (χ2v) is 4.30. The van der Waals surface area contributed by atoms with E-state index in [2.05, 4.69) is 46.6 Å². The van der Waals surface area contributed by atoms with Crippen LogP contribution in [-0.4, -0.2) is 24.1 Å². The zero-order valence-electron chi connectivity index (χ0n) is 11.9. The van der Waals surface area contributed by atoms with Crippen molar-refractivity contribution in [2.75, 3.05) is 24.5 Å². The molecule has 0 saturated heterocycles. The van der Waals surface area contributed by atoms with Gasteiger partial charge in [-0.15, -0.1) is 0 Å². The highest BCUT2D eigenvalue weighted by Gasteiger charge is 2.16. The molecule has 0 aliphatic carbocycles. The van der Waals surface area contributed by atoms with Gasteiger partial charge in [-0.2, -0.15) is 0 Å². The van der Waals surface area contributed by atoms with Crippen LogP contribution in [0.15, 0.2) is 30.6 Å². The highest BCUT2D eigenvalue weighted by atomic mass is 16.5. The molecule has 6 nitrogen and oxygen atoms in total. The molecule has 0 aliphatic rings. The molecule has 6 heteroatoms. The van der Waals surface area contributed by atoms with Crippen LogP contribution in [0.2, 0.25) is 0 Å². The summed E-state index contributed by atoms with van der Waals surface area (Å²) in [5, 5.41) is 0. The molecule has 0 fully saturated rings. The predicted octanol–water partition coefficient (Wildman–Crippen LogP) is 2.10. The monoisotopic (exact) mass is 273 g/mol. The number of nitrogen functional groups attached to an aromatic ring is 1. The Morgan fingerprint density at radius 3 is 2.50 bits per heavy atom. The molecule has 2 aromatic rings. The highest BCUT2D eigenvalue weighted by molar-refractivity contribution is 5.70. The normalized spacial score (nSPS) is 10.2. The number of hydrogen-bond acceptors (Lipinski definition) is 6. The van der Waals surface area contributed by atoms with Gasteiger partial charge in [0, 0.05) is 12.7 Å². The first-order chi connectivity index (χ1) is 9.71. The van der Waals surface area contributed by atoms with E-state index in [1.165, 1.54) is 11.9 Å². The number of methoxy groups -OCH3 is 1. The van der Waals surface area contributed by atoms with Crippen LogP contribution in [0.5, 0.6) is 5.75 Å². The van der Waals surface area contributed by atoms with Gasteiger partial charge in [0.15, 0.2) is 11.6 Å².